The first-order chi connectivity index (χ1) is 13.0. The van der Waals surface area contributed by atoms with E-state index in [9.17, 15) is 13.6 Å². The molecule has 1 aliphatic rings. The van der Waals surface area contributed by atoms with E-state index in [0.717, 1.165) is 32.7 Å². The molecule has 1 saturated heterocycles. The van der Waals surface area contributed by atoms with Crippen LogP contribution < -0.4 is 10.1 Å². The zero-order valence-electron chi connectivity index (χ0n) is 15.1. The summed E-state index contributed by atoms with van der Waals surface area (Å²) in [6.07, 6.45) is 0. The van der Waals surface area contributed by atoms with E-state index in [2.05, 4.69) is 36.7 Å². The summed E-state index contributed by atoms with van der Waals surface area (Å²) in [4.78, 5) is 17.1. The van der Waals surface area contributed by atoms with Crippen molar-refractivity contribution in [2.24, 2.45) is 0 Å². The number of halogens is 2. The molecule has 0 spiro atoms. The molecule has 146 valence electrons. The molecule has 1 aromatic heterocycles. The first-order valence-electron chi connectivity index (χ1n) is 8.85. The van der Waals surface area contributed by atoms with Gasteiger partial charge in [-0.2, -0.15) is 20.1 Å². The van der Waals surface area contributed by atoms with E-state index in [-0.39, 0.29) is 23.4 Å². The number of benzene rings is 1. The van der Waals surface area contributed by atoms with E-state index >= 15 is 0 Å². The van der Waals surface area contributed by atoms with Gasteiger partial charge in [-0.1, -0.05) is 12.1 Å². The SMILES string of the molecule is C[C@H](C(=O)Nc1ccccc1OC(F)F)N1CCN(Cc2ccsc2)CC1. The number of hydrogen-bond donors (Lipinski definition) is 1. The average Bonchev–Trinajstić information content (AvgIpc) is 3.16. The third-order valence-electron chi connectivity index (χ3n) is 4.68. The van der Waals surface area contributed by atoms with Crippen molar-refractivity contribution in [2.45, 2.75) is 26.1 Å². The lowest BCUT2D eigenvalue weighted by atomic mass is 10.2. The van der Waals surface area contributed by atoms with E-state index < -0.39 is 6.61 Å². The smallest absolute Gasteiger partial charge is 0.387 e. The molecule has 5 nitrogen and oxygen atoms in total. The zero-order chi connectivity index (χ0) is 19.2. The van der Waals surface area contributed by atoms with Gasteiger partial charge >= 0.3 is 6.61 Å². The molecule has 0 radical (unpaired) electrons. The highest BCUT2D eigenvalue weighted by molar-refractivity contribution is 7.07. The number of hydrogen-bond acceptors (Lipinski definition) is 5. The summed E-state index contributed by atoms with van der Waals surface area (Å²) in [6, 6.07) is 8.00. The van der Waals surface area contributed by atoms with Gasteiger partial charge in [0, 0.05) is 32.7 Å². The Bertz CT molecular complexity index is 734. The summed E-state index contributed by atoms with van der Waals surface area (Å²) in [5.74, 6) is -0.264. The number of alkyl halides is 2. The molecule has 0 unspecified atom stereocenters. The average molecular weight is 395 g/mol. The normalized spacial score (nSPS) is 17.0. The predicted molar refractivity (Wildman–Crippen MR) is 102 cm³/mol. The van der Waals surface area contributed by atoms with Crippen LogP contribution in [0, 0.1) is 0 Å². The summed E-state index contributed by atoms with van der Waals surface area (Å²) in [5.41, 5.74) is 1.57. The Morgan fingerprint density at radius 2 is 1.96 bits per heavy atom. The monoisotopic (exact) mass is 395 g/mol. The highest BCUT2D eigenvalue weighted by atomic mass is 32.1. The van der Waals surface area contributed by atoms with Gasteiger partial charge in [0.25, 0.3) is 0 Å². The molecule has 8 heteroatoms. The van der Waals surface area contributed by atoms with Crippen molar-refractivity contribution in [2.75, 3.05) is 31.5 Å². The number of carbonyl (C=O) groups is 1. The molecule has 27 heavy (non-hydrogen) atoms. The molecule has 1 aliphatic heterocycles. The van der Waals surface area contributed by atoms with Gasteiger partial charge in [0.15, 0.2) is 0 Å². The highest BCUT2D eigenvalue weighted by Gasteiger charge is 2.26. The molecule has 0 bridgehead atoms. The van der Waals surface area contributed by atoms with E-state index in [1.807, 2.05) is 6.92 Å². The minimum absolute atomic E-state index is 0.0337. The van der Waals surface area contributed by atoms with Crippen LogP contribution in [-0.2, 0) is 11.3 Å². The van der Waals surface area contributed by atoms with Crippen molar-refractivity contribution in [1.82, 2.24) is 9.80 Å². The topological polar surface area (TPSA) is 44.8 Å². The lowest BCUT2D eigenvalue weighted by Gasteiger charge is -2.37. The molecule has 1 N–H and O–H groups in total. The second-order valence-corrected chi connectivity index (χ2v) is 7.26. The van der Waals surface area contributed by atoms with Crippen LogP contribution >= 0.6 is 11.3 Å². The maximum Gasteiger partial charge on any atom is 0.387 e. The molecule has 1 fully saturated rings. The minimum Gasteiger partial charge on any atom is -0.433 e. The summed E-state index contributed by atoms with van der Waals surface area (Å²) >= 11 is 1.70. The Morgan fingerprint density at radius 1 is 1.22 bits per heavy atom. The largest absolute Gasteiger partial charge is 0.433 e. The van der Waals surface area contributed by atoms with Gasteiger partial charge in [-0.3, -0.25) is 14.6 Å². The van der Waals surface area contributed by atoms with E-state index in [0.29, 0.717) is 0 Å². The molecule has 1 amide bonds. The number of para-hydroxylation sites is 2. The van der Waals surface area contributed by atoms with Crippen molar-refractivity contribution >= 4 is 22.9 Å². The summed E-state index contributed by atoms with van der Waals surface area (Å²) in [6.45, 7) is 3.17. The van der Waals surface area contributed by atoms with Crippen LogP contribution in [0.5, 0.6) is 5.75 Å². The van der Waals surface area contributed by atoms with Gasteiger partial charge < -0.3 is 10.1 Å². The van der Waals surface area contributed by atoms with Gasteiger partial charge in [0.1, 0.15) is 5.75 Å². The van der Waals surface area contributed by atoms with E-state index in [1.165, 1.54) is 11.6 Å². The summed E-state index contributed by atoms with van der Waals surface area (Å²) in [7, 11) is 0. The fourth-order valence-corrected chi connectivity index (χ4v) is 3.78. The maximum absolute atomic E-state index is 12.6. The van der Waals surface area contributed by atoms with Crippen LogP contribution in [0.15, 0.2) is 41.1 Å². The predicted octanol–water partition coefficient (Wildman–Crippen LogP) is 3.49. The lowest BCUT2D eigenvalue weighted by molar-refractivity contribution is -0.121. The number of nitrogens with one attached hydrogen (secondary N) is 1. The van der Waals surface area contributed by atoms with Crippen molar-refractivity contribution in [3.05, 3.63) is 46.7 Å². The van der Waals surface area contributed by atoms with Crippen LogP contribution in [-0.4, -0.2) is 54.5 Å². The summed E-state index contributed by atoms with van der Waals surface area (Å²) in [5, 5.41) is 6.94. The molecule has 1 aromatic carbocycles. The fraction of sp³-hybridized carbons (Fsp3) is 0.421. The second kappa shape index (κ2) is 9.25. The Morgan fingerprint density at radius 3 is 2.63 bits per heavy atom. The quantitative estimate of drug-likeness (QED) is 0.780. The second-order valence-electron chi connectivity index (χ2n) is 6.48. The lowest BCUT2D eigenvalue weighted by Crippen LogP contribution is -2.52. The van der Waals surface area contributed by atoms with Gasteiger partial charge in [-0.05, 0) is 41.4 Å². The molecular formula is C19H23F2N3O2S. The Balaban J connectivity index is 1.52. The maximum atomic E-state index is 12.6. The molecule has 2 aromatic rings. The number of nitrogens with zero attached hydrogens (tertiary/aromatic N) is 2. The number of rotatable bonds is 7. The van der Waals surface area contributed by atoms with Crippen LogP contribution in [0.25, 0.3) is 0 Å². The number of amides is 1. The number of piperazine rings is 1. The molecule has 2 heterocycles. The van der Waals surface area contributed by atoms with Gasteiger partial charge in [0.05, 0.1) is 11.7 Å². The van der Waals surface area contributed by atoms with E-state index in [4.69, 9.17) is 0 Å². The van der Waals surface area contributed by atoms with Crippen molar-refractivity contribution < 1.29 is 18.3 Å². The van der Waals surface area contributed by atoms with Crippen molar-refractivity contribution in [1.29, 1.82) is 0 Å². The third kappa shape index (κ3) is 5.47. The highest BCUT2D eigenvalue weighted by Crippen LogP contribution is 2.26. The Hall–Kier alpha value is -2.03. The van der Waals surface area contributed by atoms with E-state index in [1.54, 1.807) is 29.5 Å². The van der Waals surface area contributed by atoms with Crippen LogP contribution in [0.4, 0.5) is 14.5 Å². The molecular weight excluding hydrogens is 372 g/mol. The molecule has 1 atom stereocenters. The molecule has 0 saturated carbocycles. The number of carbonyl (C=O) groups excluding carboxylic acids is 1. The molecule has 3 rings (SSSR count). The Labute approximate surface area is 161 Å². The number of thiophene rings is 1. The Kier molecular flexibility index (Phi) is 6.76. The van der Waals surface area contributed by atoms with Gasteiger partial charge in [-0.15, -0.1) is 0 Å². The number of anilines is 1. The summed E-state index contributed by atoms with van der Waals surface area (Å²) < 4.78 is 29.5. The number of ether oxygens (including phenoxy) is 1. The minimum atomic E-state index is -2.93. The fourth-order valence-electron chi connectivity index (χ4n) is 3.12. The van der Waals surface area contributed by atoms with Crippen LogP contribution in [0.2, 0.25) is 0 Å². The van der Waals surface area contributed by atoms with Crippen molar-refractivity contribution in [3.8, 4) is 5.75 Å². The van der Waals surface area contributed by atoms with Crippen LogP contribution in [0.1, 0.15) is 12.5 Å². The third-order valence-corrected chi connectivity index (χ3v) is 5.41. The molecule has 0 aliphatic carbocycles. The first-order valence-corrected chi connectivity index (χ1v) is 9.79. The first kappa shape index (κ1) is 19.7. The standard InChI is InChI=1S/C19H23F2N3O2S/c1-14(18(25)22-16-4-2-3-5-17(16)26-19(20)21)24-9-7-23(8-10-24)12-15-6-11-27-13-15/h2-6,11,13-14,19H,7-10,12H2,1H3,(H,22,25)/t14-/m1/s1. The van der Waals surface area contributed by atoms with Crippen LogP contribution in [0.3, 0.4) is 0 Å². The van der Waals surface area contributed by atoms with Crippen molar-refractivity contribution in [3.63, 3.8) is 0 Å². The zero-order valence-corrected chi connectivity index (χ0v) is 15.9. The van der Waals surface area contributed by atoms with Gasteiger partial charge in [-0.25, -0.2) is 0 Å². The van der Waals surface area contributed by atoms with Gasteiger partial charge in [0.2, 0.25) is 5.91 Å².